The van der Waals surface area contributed by atoms with Gasteiger partial charge in [-0.2, -0.15) is 4.98 Å². The zero-order chi connectivity index (χ0) is 12.3. The number of nitrogen functional groups attached to an aromatic ring is 1. The number of nitrogens with zero attached hydrogens (tertiary/aromatic N) is 3. The fourth-order valence-electron chi connectivity index (χ4n) is 2.24. The number of rotatable bonds is 3. The second-order valence-corrected chi connectivity index (χ2v) is 4.67. The van der Waals surface area contributed by atoms with Gasteiger partial charge in [0.2, 0.25) is 5.95 Å². The highest BCUT2D eigenvalue weighted by Gasteiger charge is 2.17. The summed E-state index contributed by atoms with van der Waals surface area (Å²) in [5.41, 5.74) is 6.69. The number of hydrogen-bond acceptors (Lipinski definition) is 5. The molecule has 0 amide bonds. The third kappa shape index (κ3) is 3.06. The number of aryl methyl sites for hydroxylation is 1. The van der Waals surface area contributed by atoms with Gasteiger partial charge < -0.3 is 15.4 Å². The van der Waals surface area contributed by atoms with E-state index >= 15 is 0 Å². The summed E-state index contributed by atoms with van der Waals surface area (Å²) in [7, 11) is 2.06. The van der Waals surface area contributed by atoms with Crippen LogP contribution in [0.15, 0.2) is 6.20 Å². The molecule has 2 N–H and O–H groups in total. The van der Waals surface area contributed by atoms with E-state index < -0.39 is 0 Å². The first-order valence-corrected chi connectivity index (χ1v) is 6.05. The van der Waals surface area contributed by atoms with Crippen LogP contribution in [-0.2, 0) is 4.74 Å². The van der Waals surface area contributed by atoms with Crippen LogP contribution >= 0.6 is 0 Å². The summed E-state index contributed by atoms with van der Waals surface area (Å²) in [5, 5.41) is 0. The van der Waals surface area contributed by atoms with Gasteiger partial charge in [0.15, 0.2) is 0 Å². The number of nitrogens with two attached hydrogens (primary N) is 1. The Morgan fingerprint density at radius 3 is 2.88 bits per heavy atom. The fraction of sp³-hybridized carbons (Fsp3) is 0.667. The van der Waals surface area contributed by atoms with Crippen LogP contribution in [0.3, 0.4) is 0 Å². The van der Waals surface area contributed by atoms with Crippen LogP contribution in [0.2, 0.25) is 0 Å². The van der Waals surface area contributed by atoms with E-state index in [-0.39, 0.29) is 0 Å². The summed E-state index contributed by atoms with van der Waals surface area (Å²) < 4.78 is 5.37. The molecule has 2 heterocycles. The maximum atomic E-state index is 5.63. The van der Waals surface area contributed by atoms with Gasteiger partial charge in [-0.15, -0.1) is 0 Å². The Labute approximate surface area is 102 Å². The van der Waals surface area contributed by atoms with Crippen LogP contribution in [0.4, 0.5) is 11.8 Å². The smallest absolute Gasteiger partial charge is 0.221 e. The highest BCUT2D eigenvalue weighted by atomic mass is 16.5. The molecule has 1 aliphatic heterocycles. The largest absolute Gasteiger partial charge is 0.381 e. The summed E-state index contributed by atoms with van der Waals surface area (Å²) in [6, 6.07) is 0. The van der Waals surface area contributed by atoms with Crippen molar-refractivity contribution in [3.05, 3.63) is 11.8 Å². The zero-order valence-electron chi connectivity index (χ0n) is 10.5. The van der Waals surface area contributed by atoms with Gasteiger partial charge in [0.05, 0.1) is 0 Å². The lowest BCUT2D eigenvalue weighted by Gasteiger charge is -2.28. The van der Waals surface area contributed by atoms with Crippen molar-refractivity contribution < 1.29 is 4.74 Å². The van der Waals surface area contributed by atoms with Gasteiger partial charge >= 0.3 is 0 Å². The minimum atomic E-state index is 0.337. The Morgan fingerprint density at radius 2 is 2.18 bits per heavy atom. The van der Waals surface area contributed by atoms with Crippen molar-refractivity contribution in [2.24, 2.45) is 5.92 Å². The van der Waals surface area contributed by atoms with E-state index in [1.807, 2.05) is 6.92 Å². The monoisotopic (exact) mass is 236 g/mol. The standard InChI is InChI=1S/C12H20N4O/c1-9-7-14-12(13)15-11(9)16(2)8-10-3-5-17-6-4-10/h7,10H,3-6,8H2,1-2H3,(H2,13,14,15). The van der Waals surface area contributed by atoms with Crippen molar-refractivity contribution >= 4 is 11.8 Å². The highest BCUT2D eigenvalue weighted by molar-refractivity contribution is 5.47. The Hall–Kier alpha value is -1.36. The molecule has 17 heavy (non-hydrogen) atoms. The molecule has 0 atom stereocenters. The van der Waals surface area contributed by atoms with E-state index in [0.717, 1.165) is 44.0 Å². The fourth-order valence-corrected chi connectivity index (χ4v) is 2.24. The van der Waals surface area contributed by atoms with Gasteiger partial charge in [-0.25, -0.2) is 4.98 Å². The Bertz CT molecular complexity index is 377. The molecule has 1 aliphatic rings. The molecule has 1 saturated heterocycles. The molecule has 0 aromatic carbocycles. The van der Waals surface area contributed by atoms with E-state index in [9.17, 15) is 0 Å². The van der Waals surface area contributed by atoms with Crippen LogP contribution in [0.1, 0.15) is 18.4 Å². The van der Waals surface area contributed by atoms with Gasteiger partial charge in [-0.05, 0) is 25.7 Å². The predicted molar refractivity (Wildman–Crippen MR) is 68.0 cm³/mol. The molecule has 0 aliphatic carbocycles. The van der Waals surface area contributed by atoms with Crippen LogP contribution in [0.25, 0.3) is 0 Å². The van der Waals surface area contributed by atoms with E-state index in [1.165, 1.54) is 0 Å². The summed E-state index contributed by atoms with van der Waals surface area (Å²) in [6.45, 7) is 4.77. The minimum absolute atomic E-state index is 0.337. The molecule has 2 rings (SSSR count). The molecule has 1 aromatic rings. The molecular formula is C12H20N4O. The van der Waals surface area contributed by atoms with Crippen LogP contribution < -0.4 is 10.6 Å². The normalized spacial score (nSPS) is 17.1. The van der Waals surface area contributed by atoms with Crippen molar-refractivity contribution in [1.29, 1.82) is 0 Å². The zero-order valence-corrected chi connectivity index (χ0v) is 10.5. The van der Waals surface area contributed by atoms with Crippen molar-refractivity contribution in [3.63, 3.8) is 0 Å². The van der Waals surface area contributed by atoms with Gasteiger partial charge in [-0.3, -0.25) is 0 Å². The molecule has 0 saturated carbocycles. The van der Waals surface area contributed by atoms with E-state index in [1.54, 1.807) is 6.20 Å². The second-order valence-electron chi connectivity index (χ2n) is 4.67. The number of ether oxygens (including phenoxy) is 1. The maximum absolute atomic E-state index is 5.63. The van der Waals surface area contributed by atoms with Crippen molar-refractivity contribution in [3.8, 4) is 0 Å². The van der Waals surface area contributed by atoms with Crippen molar-refractivity contribution in [2.45, 2.75) is 19.8 Å². The summed E-state index contributed by atoms with van der Waals surface area (Å²) in [4.78, 5) is 10.5. The SMILES string of the molecule is Cc1cnc(N)nc1N(C)CC1CCOCC1. The number of anilines is 2. The summed E-state index contributed by atoms with van der Waals surface area (Å²) >= 11 is 0. The van der Waals surface area contributed by atoms with Crippen molar-refractivity contribution in [1.82, 2.24) is 9.97 Å². The summed E-state index contributed by atoms with van der Waals surface area (Å²) in [5.74, 6) is 1.96. The van der Waals surface area contributed by atoms with Crippen LogP contribution in [-0.4, -0.2) is 36.8 Å². The number of aromatic nitrogens is 2. The van der Waals surface area contributed by atoms with Crippen molar-refractivity contribution in [2.75, 3.05) is 37.4 Å². The molecule has 0 unspecified atom stereocenters. The lowest BCUT2D eigenvalue weighted by atomic mass is 10.00. The molecular weight excluding hydrogens is 216 g/mol. The topological polar surface area (TPSA) is 64.3 Å². The van der Waals surface area contributed by atoms with E-state index in [0.29, 0.717) is 11.9 Å². The Kier molecular flexibility index (Phi) is 3.78. The molecule has 1 fully saturated rings. The lowest BCUT2D eigenvalue weighted by Crippen LogP contribution is -2.30. The third-order valence-corrected chi connectivity index (χ3v) is 3.20. The minimum Gasteiger partial charge on any atom is -0.381 e. The first kappa shape index (κ1) is 12.1. The predicted octanol–water partition coefficient (Wildman–Crippen LogP) is 1.23. The second kappa shape index (κ2) is 5.31. The van der Waals surface area contributed by atoms with E-state index in [4.69, 9.17) is 10.5 Å². The molecule has 5 heteroatoms. The van der Waals surface area contributed by atoms with Crippen LogP contribution in [0, 0.1) is 12.8 Å². The number of hydrogen-bond donors (Lipinski definition) is 1. The molecule has 94 valence electrons. The van der Waals surface area contributed by atoms with Gasteiger partial charge in [0, 0.05) is 38.6 Å². The summed E-state index contributed by atoms with van der Waals surface area (Å²) in [6.07, 6.45) is 4.03. The Morgan fingerprint density at radius 1 is 1.47 bits per heavy atom. The average Bonchev–Trinajstić information content (AvgIpc) is 2.33. The first-order valence-electron chi connectivity index (χ1n) is 6.05. The first-order chi connectivity index (χ1) is 8.16. The maximum Gasteiger partial charge on any atom is 0.221 e. The molecule has 1 aromatic heterocycles. The Balaban J connectivity index is 2.02. The average molecular weight is 236 g/mol. The lowest BCUT2D eigenvalue weighted by molar-refractivity contribution is 0.0685. The van der Waals surface area contributed by atoms with Gasteiger partial charge in [-0.1, -0.05) is 0 Å². The van der Waals surface area contributed by atoms with Gasteiger partial charge in [0.1, 0.15) is 5.82 Å². The van der Waals surface area contributed by atoms with Gasteiger partial charge in [0.25, 0.3) is 0 Å². The molecule has 0 bridgehead atoms. The highest BCUT2D eigenvalue weighted by Crippen LogP contribution is 2.21. The van der Waals surface area contributed by atoms with E-state index in [2.05, 4.69) is 21.9 Å². The third-order valence-electron chi connectivity index (χ3n) is 3.20. The molecule has 5 nitrogen and oxygen atoms in total. The molecule has 0 spiro atoms. The van der Waals surface area contributed by atoms with Crippen LogP contribution in [0.5, 0.6) is 0 Å². The quantitative estimate of drug-likeness (QED) is 0.855. The molecule has 0 radical (unpaired) electrons.